The number of hydrogen-bond acceptors (Lipinski definition) is 4. The number of carbonyl (C=O) groups excluding carboxylic acids is 1. The Morgan fingerprint density at radius 1 is 1.13 bits per heavy atom. The lowest BCUT2D eigenvalue weighted by Crippen LogP contribution is -2.10. The van der Waals surface area contributed by atoms with Crippen LogP contribution in [0.1, 0.15) is 29.8 Å². The number of carbonyl (C=O) groups is 1. The van der Waals surface area contributed by atoms with Gasteiger partial charge in [-0.05, 0) is 32.0 Å². The highest BCUT2D eigenvalue weighted by molar-refractivity contribution is 5.93. The predicted octanol–water partition coefficient (Wildman–Crippen LogP) is 4.95. The summed E-state index contributed by atoms with van der Waals surface area (Å²) in [6.07, 6.45) is 3.35. The Balaban J connectivity index is 2.11. The Morgan fingerprint density at radius 3 is 2.65 bits per heavy atom. The van der Waals surface area contributed by atoms with Crippen LogP contribution in [0.3, 0.4) is 0 Å². The number of benzene rings is 2. The quantitative estimate of drug-likeness (QED) is 0.305. The molecule has 1 aromatic heterocycles. The van der Waals surface area contributed by atoms with Crippen molar-refractivity contribution in [1.82, 2.24) is 4.57 Å². The van der Waals surface area contributed by atoms with E-state index in [1.165, 1.54) is 19.2 Å². The normalized spacial score (nSPS) is 10.4. The Morgan fingerprint density at radius 2 is 1.94 bits per heavy atom. The fourth-order valence-corrected chi connectivity index (χ4v) is 3.06. The highest BCUT2D eigenvalue weighted by atomic mass is 19.2. The van der Waals surface area contributed by atoms with Gasteiger partial charge in [0.05, 0.1) is 12.2 Å². The number of ether oxygens (including phenoxy) is 3. The van der Waals surface area contributed by atoms with Crippen LogP contribution in [0, 0.1) is 23.5 Å². The topological polar surface area (TPSA) is 49.7 Å². The van der Waals surface area contributed by atoms with E-state index in [4.69, 9.17) is 14.2 Å². The van der Waals surface area contributed by atoms with Crippen LogP contribution in [-0.2, 0) is 9.47 Å². The molecule has 0 radical (unpaired) electrons. The van der Waals surface area contributed by atoms with Gasteiger partial charge in [-0.25, -0.2) is 13.6 Å². The Kier molecular flexibility index (Phi) is 7.06. The Hall–Kier alpha value is -3.63. The van der Waals surface area contributed by atoms with E-state index in [1.807, 2.05) is 0 Å². The number of rotatable bonds is 7. The van der Waals surface area contributed by atoms with Gasteiger partial charge in [-0.1, -0.05) is 18.1 Å². The first-order chi connectivity index (χ1) is 15.0. The molecule has 3 rings (SSSR count). The average molecular weight is 425 g/mol. The maximum absolute atomic E-state index is 14.4. The molecule has 0 amide bonds. The zero-order valence-corrected chi connectivity index (χ0v) is 17.4. The summed E-state index contributed by atoms with van der Waals surface area (Å²) in [4.78, 5) is 12.2. The maximum Gasteiger partial charge on any atom is 0.341 e. The summed E-state index contributed by atoms with van der Waals surface area (Å²) in [5, 5.41) is 0. The van der Waals surface area contributed by atoms with Crippen molar-refractivity contribution >= 4 is 5.97 Å². The molecule has 0 aliphatic heterocycles. The van der Waals surface area contributed by atoms with Gasteiger partial charge in [0.25, 0.3) is 0 Å². The molecule has 0 aliphatic rings. The molecule has 5 nitrogen and oxygen atoms in total. The minimum absolute atomic E-state index is 0.0617. The van der Waals surface area contributed by atoms with Crippen molar-refractivity contribution in [2.24, 2.45) is 0 Å². The summed E-state index contributed by atoms with van der Waals surface area (Å²) in [6.45, 7) is 3.54. The number of nitrogens with zero attached hydrogens (tertiary/aromatic N) is 1. The van der Waals surface area contributed by atoms with Crippen molar-refractivity contribution in [3.05, 3.63) is 71.6 Å². The third-order valence-electron chi connectivity index (χ3n) is 4.42. The summed E-state index contributed by atoms with van der Waals surface area (Å²) >= 11 is 0. The highest BCUT2D eigenvalue weighted by Gasteiger charge is 2.18. The molecule has 0 unspecified atom stereocenters. The first-order valence-electron chi connectivity index (χ1n) is 9.52. The molecule has 2 aromatic carbocycles. The van der Waals surface area contributed by atoms with Crippen molar-refractivity contribution in [3.63, 3.8) is 0 Å². The highest BCUT2D eigenvalue weighted by Crippen LogP contribution is 2.31. The van der Waals surface area contributed by atoms with Gasteiger partial charge in [-0.15, -0.1) is 5.92 Å². The molecule has 0 N–H and O–H groups in total. The van der Waals surface area contributed by atoms with Crippen LogP contribution in [0.4, 0.5) is 8.78 Å². The molecule has 0 atom stereocenters. The molecule has 0 spiro atoms. The molecular formula is C24H21F2NO4. The van der Waals surface area contributed by atoms with Crippen molar-refractivity contribution in [1.29, 1.82) is 0 Å². The minimum atomic E-state index is -0.943. The van der Waals surface area contributed by atoms with Crippen molar-refractivity contribution in [2.75, 3.05) is 20.5 Å². The van der Waals surface area contributed by atoms with Gasteiger partial charge in [-0.2, -0.15) is 0 Å². The third-order valence-corrected chi connectivity index (χ3v) is 4.42. The van der Waals surface area contributed by atoms with E-state index < -0.39 is 17.6 Å². The second-order valence-electron chi connectivity index (χ2n) is 6.42. The standard InChI is InChI=1S/C24H21F2NO4/c1-4-7-16-13-27(14-20(16)18-8-6-9-21(25)23(18)26)17-10-11-19(24(28)30-5-2)22(12-17)31-15-29-3/h6,8-14H,5,15H2,1-3H3. The molecule has 3 aromatic rings. The lowest BCUT2D eigenvalue weighted by molar-refractivity contribution is 0.0438. The minimum Gasteiger partial charge on any atom is -0.467 e. The monoisotopic (exact) mass is 425 g/mol. The van der Waals surface area contributed by atoms with E-state index in [0.717, 1.165) is 6.07 Å². The van der Waals surface area contributed by atoms with Crippen LogP contribution in [-0.4, -0.2) is 31.0 Å². The molecule has 0 bridgehead atoms. The van der Waals surface area contributed by atoms with Gasteiger partial charge in [-0.3, -0.25) is 0 Å². The molecule has 160 valence electrons. The van der Waals surface area contributed by atoms with Crippen molar-refractivity contribution in [3.8, 4) is 34.4 Å². The van der Waals surface area contributed by atoms with Crippen LogP contribution in [0.5, 0.6) is 5.75 Å². The van der Waals surface area contributed by atoms with Gasteiger partial charge < -0.3 is 18.8 Å². The predicted molar refractivity (Wildman–Crippen MR) is 112 cm³/mol. The Bertz CT molecular complexity index is 1160. The van der Waals surface area contributed by atoms with E-state index in [1.54, 1.807) is 49.0 Å². The summed E-state index contributed by atoms with van der Waals surface area (Å²) in [7, 11) is 1.47. The molecule has 0 saturated carbocycles. The molecule has 7 heteroatoms. The number of halogens is 2. The van der Waals surface area contributed by atoms with E-state index in [0.29, 0.717) is 16.8 Å². The first-order valence-corrected chi connectivity index (χ1v) is 9.52. The van der Waals surface area contributed by atoms with Crippen LogP contribution < -0.4 is 4.74 Å². The summed E-state index contributed by atoms with van der Waals surface area (Å²) in [5.74, 6) is 3.58. The summed E-state index contributed by atoms with van der Waals surface area (Å²) in [5.41, 5.74) is 1.96. The van der Waals surface area contributed by atoms with Crippen LogP contribution >= 0.6 is 0 Å². The number of aromatic nitrogens is 1. The second-order valence-corrected chi connectivity index (χ2v) is 6.42. The van der Waals surface area contributed by atoms with Gasteiger partial charge in [0.1, 0.15) is 11.3 Å². The molecule has 1 heterocycles. The van der Waals surface area contributed by atoms with Gasteiger partial charge >= 0.3 is 5.97 Å². The van der Waals surface area contributed by atoms with Crippen LogP contribution in [0.25, 0.3) is 16.8 Å². The molecule has 0 aliphatic carbocycles. The summed E-state index contributed by atoms with van der Waals surface area (Å²) in [6, 6.07) is 8.91. The lowest BCUT2D eigenvalue weighted by atomic mass is 10.0. The molecule has 0 saturated heterocycles. The van der Waals surface area contributed by atoms with E-state index in [9.17, 15) is 13.6 Å². The number of hydrogen-bond donors (Lipinski definition) is 0. The van der Waals surface area contributed by atoms with Crippen molar-refractivity contribution < 1.29 is 27.8 Å². The van der Waals surface area contributed by atoms with Gasteiger partial charge in [0.15, 0.2) is 18.4 Å². The molecule has 31 heavy (non-hydrogen) atoms. The lowest BCUT2D eigenvalue weighted by Gasteiger charge is -2.12. The largest absolute Gasteiger partial charge is 0.467 e. The van der Waals surface area contributed by atoms with Crippen LogP contribution in [0.15, 0.2) is 48.8 Å². The second kappa shape index (κ2) is 9.92. The molecule has 0 fully saturated rings. The number of methoxy groups -OCH3 is 1. The fourth-order valence-electron chi connectivity index (χ4n) is 3.06. The number of esters is 1. The van der Waals surface area contributed by atoms with Crippen molar-refractivity contribution in [2.45, 2.75) is 13.8 Å². The third kappa shape index (κ3) is 4.76. The van der Waals surface area contributed by atoms with E-state index in [2.05, 4.69) is 11.8 Å². The van der Waals surface area contributed by atoms with E-state index in [-0.39, 0.29) is 30.3 Å². The Labute approximate surface area is 179 Å². The summed E-state index contributed by atoms with van der Waals surface area (Å²) < 4.78 is 45.5. The smallest absolute Gasteiger partial charge is 0.341 e. The first kappa shape index (κ1) is 22.1. The zero-order chi connectivity index (χ0) is 22.4. The van der Waals surface area contributed by atoms with Crippen LogP contribution in [0.2, 0.25) is 0 Å². The fraction of sp³-hybridized carbons (Fsp3) is 0.208. The van der Waals surface area contributed by atoms with Gasteiger partial charge in [0, 0.05) is 42.4 Å². The SMILES string of the molecule is CC#Cc1cn(-c2ccc(C(=O)OCC)c(OCOC)c2)cc1-c1cccc(F)c1F. The average Bonchev–Trinajstić information content (AvgIpc) is 3.18. The van der Waals surface area contributed by atoms with E-state index >= 15 is 0 Å². The molecular weight excluding hydrogens is 404 g/mol. The van der Waals surface area contributed by atoms with Gasteiger partial charge in [0.2, 0.25) is 0 Å². The maximum atomic E-state index is 14.4. The zero-order valence-electron chi connectivity index (χ0n) is 17.4.